The molecule has 6 heteroatoms. The molecule has 0 fully saturated rings. The van der Waals surface area contributed by atoms with Crippen LogP contribution in [-0.2, 0) is 4.79 Å². The van der Waals surface area contributed by atoms with Gasteiger partial charge >= 0.3 is 0 Å². The average molecular weight is 215 g/mol. The van der Waals surface area contributed by atoms with Crippen molar-refractivity contribution < 1.29 is 4.79 Å². The van der Waals surface area contributed by atoms with Gasteiger partial charge in [-0.15, -0.1) is 0 Å². The molecule has 2 rings (SSSR count). The monoisotopic (exact) mass is 215 g/mol. The Hall–Kier alpha value is -2.33. The van der Waals surface area contributed by atoms with Gasteiger partial charge in [-0.2, -0.15) is 5.10 Å². The number of hydrogen-bond donors (Lipinski definition) is 0. The van der Waals surface area contributed by atoms with Gasteiger partial charge in [0.25, 0.3) is 5.91 Å². The van der Waals surface area contributed by atoms with Gasteiger partial charge in [0.15, 0.2) is 0 Å². The maximum absolute atomic E-state index is 11.8. The molecule has 1 aliphatic heterocycles. The van der Waals surface area contributed by atoms with Gasteiger partial charge in [0, 0.05) is 12.0 Å². The van der Waals surface area contributed by atoms with E-state index in [1.807, 2.05) is 12.1 Å². The van der Waals surface area contributed by atoms with Crippen molar-refractivity contribution in [3.63, 3.8) is 0 Å². The summed E-state index contributed by atoms with van der Waals surface area (Å²) in [6.07, 6.45) is 1.58. The van der Waals surface area contributed by atoms with E-state index in [1.54, 1.807) is 18.3 Å². The summed E-state index contributed by atoms with van der Waals surface area (Å²) in [5.74, 6) is -0.334. The zero-order valence-corrected chi connectivity index (χ0v) is 8.61. The smallest absolute Gasteiger partial charge is 0.255 e. The highest BCUT2D eigenvalue weighted by atomic mass is 16.2. The van der Waals surface area contributed by atoms with Gasteiger partial charge in [0.2, 0.25) is 0 Å². The van der Waals surface area contributed by atoms with Crippen LogP contribution in [0.4, 0.5) is 0 Å². The van der Waals surface area contributed by atoms with Crippen LogP contribution < -0.4 is 0 Å². The van der Waals surface area contributed by atoms with Gasteiger partial charge < -0.3 is 0 Å². The Balaban J connectivity index is 2.60. The molecular weight excluding hydrogens is 206 g/mol. The minimum Gasteiger partial charge on any atom is -0.272 e. The van der Waals surface area contributed by atoms with Crippen molar-refractivity contribution in [1.29, 1.82) is 0 Å². The molecule has 1 heterocycles. The molecule has 1 aliphatic rings. The lowest BCUT2D eigenvalue weighted by Gasteiger charge is -2.13. The lowest BCUT2D eigenvalue weighted by molar-refractivity contribution is -0.131. The number of likely N-dealkylation sites (N-methyl/N-ethyl adjacent to an activating group) is 1. The number of carbonyl (C=O) groups excluding carboxylic acids is 1. The highest BCUT2D eigenvalue weighted by molar-refractivity contribution is 5.92. The number of azide groups is 1. The number of rotatable bonds is 1. The van der Waals surface area contributed by atoms with Crippen LogP contribution in [-0.4, -0.2) is 24.2 Å². The number of fused-ring (bicyclic) bond motifs is 1. The molecule has 16 heavy (non-hydrogen) atoms. The average Bonchev–Trinajstić information content (AvgIpc) is 2.42. The number of carbonyl (C=O) groups is 1. The molecule has 0 bridgehead atoms. The number of benzene rings is 1. The van der Waals surface area contributed by atoms with E-state index < -0.39 is 6.04 Å². The van der Waals surface area contributed by atoms with Crippen LogP contribution in [0.3, 0.4) is 0 Å². The first-order chi connectivity index (χ1) is 7.74. The Labute approximate surface area is 91.8 Å². The van der Waals surface area contributed by atoms with Gasteiger partial charge in [0.05, 0.1) is 6.21 Å². The second-order valence-corrected chi connectivity index (χ2v) is 3.34. The second kappa shape index (κ2) is 4.04. The summed E-state index contributed by atoms with van der Waals surface area (Å²) in [5, 5.41) is 8.66. The van der Waals surface area contributed by atoms with E-state index in [9.17, 15) is 4.79 Å². The maximum atomic E-state index is 11.8. The maximum Gasteiger partial charge on any atom is 0.255 e. The normalized spacial score (nSPS) is 18.7. The second-order valence-electron chi connectivity index (χ2n) is 3.34. The van der Waals surface area contributed by atoms with Crippen LogP contribution in [0.1, 0.15) is 17.2 Å². The fraction of sp³-hybridized carbons (Fsp3) is 0.200. The van der Waals surface area contributed by atoms with Gasteiger partial charge in [-0.05, 0) is 16.7 Å². The molecule has 0 aromatic heterocycles. The number of amides is 1. The molecule has 1 atom stereocenters. The van der Waals surface area contributed by atoms with E-state index in [-0.39, 0.29) is 5.91 Å². The zero-order chi connectivity index (χ0) is 11.5. The molecule has 1 amide bonds. The molecule has 0 saturated heterocycles. The molecule has 0 spiro atoms. The van der Waals surface area contributed by atoms with Crippen molar-refractivity contribution in [2.24, 2.45) is 10.2 Å². The Morgan fingerprint density at radius 3 is 3.00 bits per heavy atom. The minimum atomic E-state index is -0.839. The Morgan fingerprint density at radius 1 is 1.50 bits per heavy atom. The third-order valence-electron chi connectivity index (χ3n) is 2.38. The van der Waals surface area contributed by atoms with Crippen molar-refractivity contribution in [2.45, 2.75) is 6.04 Å². The van der Waals surface area contributed by atoms with Gasteiger partial charge in [-0.1, -0.05) is 29.4 Å². The first kappa shape index (κ1) is 10.2. The fourth-order valence-electron chi connectivity index (χ4n) is 1.56. The summed E-state index contributed by atoms with van der Waals surface area (Å²) in [4.78, 5) is 14.6. The molecule has 0 aliphatic carbocycles. The van der Waals surface area contributed by atoms with Crippen LogP contribution >= 0.6 is 0 Å². The first-order valence-corrected chi connectivity index (χ1v) is 4.68. The fourth-order valence-corrected chi connectivity index (χ4v) is 1.56. The summed E-state index contributed by atoms with van der Waals surface area (Å²) in [6, 6.07) is 6.38. The molecular formula is C10H9N5O. The molecule has 0 N–H and O–H groups in total. The molecule has 0 saturated carbocycles. The van der Waals surface area contributed by atoms with Crippen LogP contribution in [0, 0.1) is 0 Å². The van der Waals surface area contributed by atoms with Crippen molar-refractivity contribution in [3.05, 3.63) is 45.8 Å². The number of hydrogen-bond acceptors (Lipinski definition) is 3. The predicted molar refractivity (Wildman–Crippen MR) is 58.7 cm³/mol. The van der Waals surface area contributed by atoms with Crippen LogP contribution in [0.2, 0.25) is 0 Å². The van der Waals surface area contributed by atoms with Gasteiger partial charge in [0.1, 0.15) is 6.04 Å². The predicted octanol–water partition coefficient (Wildman–Crippen LogP) is 1.84. The van der Waals surface area contributed by atoms with Gasteiger partial charge in [-0.25, -0.2) is 5.01 Å². The Bertz CT molecular complexity index is 504. The van der Waals surface area contributed by atoms with Crippen molar-refractivity contribution in [1.82, 2.24) is 5.01 Å². The molecule has 0 radical (unpaired) electrons. The summed E-state index contributed by atoms with van der Waals surface area (Å²) in [6.45, 7) is 0. The van der Waals surface area contributed by atoms with E-state index in [0.717, 1.165) is 5.56 Å². The lowest BCUT2D eigenvalue weighted by atomic mass is 10.0. The minimum absolute atomic E-state index is 0.334. The van der Waals surface area contributed by atoms with Crippen molar-refractivity contribution in [3.8, 4) is 0 Å². The van der Waals surface area contributed by atoms with Crippen LogP contribution in [0.15, 0.2) is 34.5 Å². The topological polar surface area (TPSA) is 81.4 Å². The van der Waals surface area contributed by atoms with Gasteiger partial charge in [-0.3, -0.25) is 4.79 Å². The summed E-state index contributed by atoms with van der Waals surface area (Å²) in [5.41, 5.74) is 9.96. The van der Waals surface area contributed by atoms with E-state index in [4.69, 9.17) is 5.53 Å². The summed E-state index contributed by atoms with van der Waals surface area (Å²) in [7, 11) is 1.53. The van der Waals surface area contributed by atoms with E-state index >= 15 is 0 Å². The highest BCUT2D eigenvalue weighted by Crippen LogP contribution is 2.25. The number of nitrogens with zero attached hydrogens (tertiary/aromatic N) is 5. The summed E-state index contributed by atoms with van der Waals surface area (Å²) < 4.78 is 0. The van der Waals surface area contributed by atoms with Crippen LogP contribution in [0.5, 0.6) is 0 Å². The van der Waals surface area contributed by atoms with Crippen LogP contribution in [0.25, 0.3) is 10.4 Å². The third kappa shape index (κ3) is 1.62. The summed E-state index contributed by atoms with van der Waals surface area (Å²) >= 11 is 0. The van der Waals surface area contributed by atoms with Crippen molar-refractivity contribution >= 4 is 12.1 Å². The SMILES string of the molecule is CN1N=Cc2ccccc2[C@@H](N=[N+]=[N-])C1=O. The standard InChI is InChI=1S/C10H9N5O/c1-15-10(16)9(13-14-11)8-5-3-2-4-7(8)6-12-15/h2-6,9H,1H3/t9-/m1/s1. The first-order valence-electron chi connectivity index (χ1n) is 4.68. The van der Waals surface area contributed by atoms with E-state index in [2.05, 4.69) is 15.1 Å². The lowest BCUT2D eigenvalue weighted by Crippen LogP contribution is -2.25. The Morgan fingerprint density at radius 2 is 2.25 bits per heavy atom. The molecule has 1 aromatic rings. The van der Waals surface area contributed by atoms with E-state index in [0.29, 0.717) is 5.56 Å². The zero-order valence-electron chi connectivity index (χ0n) is 8.61. The highest BCUT2D eigenvalue weighted by Gasteiger charge is 2.26. The Kier molecular flexibility index (Phi) is 2.57. The molecule has 1 aromatic carbocycles. The molecule has 80 valence electrons. The van der Waals surface area contributed by atoms with E-state index in [1.165, 1.54) is 12.1 Å². The quantitative estimate of drug-likeness (QED) is 0.399. The third-order valence-corrected chi connectivity index (χ3v) is 2.38. The van der Waals surface area contributed by atoms with Crippen molar-refractivity contribution in [2.75, 3.05) is 7.05 Å². The molecule has 6 nitrogen and oxygen atoms in total. The number of hydrazone groups is 1. The largest absolute Gasteiger partial charge is 0.272 e. The molecule has 0 unspecified atom stereocenters.